The van der Waals surface area contributed by atoms with Gasteiger partial charge in [-0.25, -0.2) is 4.98 Å². The topological polar surface area (TPSA) is 84.4 Å². The van der Waals surface area contributed by atoms with Gasteiger partial charge < -0.3 is 24.2 Å². The molecule has 9 heteroatoms. The lowest BCUT2D eigenvalue weighted by molar-refractivity contribution is -0.148. The Balaban J connectivity index is 1.18. The summed E-state index contributed by atoms with van der Waals surface area (Å²) in [6.07, 6.45) is 3.41. The summed E-state index contributed by atoms with van der Waals surface area (Å²) in [5.74, 6) is 0.0656. The maximum Gasteiger partial charge on any atom is 0.309 e. The Hall–Kier alpha value is -3.17. The van der Waals surface area contributed by atoms with Crippen molar-refractivity contribution in [3.8, 4) is 17.0 Å². The fourth-order valence-electron chi connectivity index (χ4n) is 6.96. The van der Waals surface area contributed by atoms with Crippen LogP contribution >= 0.6 is 11.6 Å². The molecular formula is C35H42ClN3O5. The number of carboxylic acids is 1. The number of para-hydroxylation sites is 1. The van der Waals surface area contributed by atoms with Crippen molar-refractivity contribution in [1.82, 2.24) is 9.88 Å². The van der Waals surface area contributed by atoms with Crippen molar-refractivity contribution in [3.05, 3.63) is 75.8 Å². The summed E-state index contributed by atoms with van der Waals surface area (Å²) in [7, 11) is 0. The van der Waals surface area contributed by atoms with Gasteiger partial charge in [-0.2, -0.15) is 0 Å². The zero-order valence-corrected chi connectivity index (χ0v) is 26.4. The van der Waals surface area contributed by atoms with Gasteiger partial charge in [0.1, 0.15) is 18.2 Å². The first-order chi connectivity index (χ1) is 21.4. The van der Waals surface area contributed by atoms with Crippen LogP contribution in [-0.2, 0) is 33.8 Å². The van der Waals surface area contributed by atoms with Crippen LogP contribution in [0.5, 0.6) is 5.75 Å². The van der Waals surface area contributed by atoms with Gasteiger partial charge in [0.25, 0.3) is 0 Å². The van der Waals surface area contributed by atoms with E-state index in [4.69, 9.17) is 30.8 Å². The number of anilines is 1. The summed E-state index contributed by atoms with van der Waals surface area (Å²) in [4.78, 5) is 21.5. The third kappa shape index (κ3) is 6.74. The molecule has 6 rings (SSSR count). The largest absolute Gasteiger partial charge is 0.487 e. The van der Waals surface area contributed by atoms with E-state index in [1.54, 1.807) is 0 Å². The van der Waals surface area contributed by atoms with Gasteiger partial charge in [0.15, 0.2) is 0 Å². The molecule has 2 fully saturated rings. The molecule has 0 bridgehead atoms. The van der Waals surface area contributed by atoms with Gasteiger partial charge >= 0.3 is 5.97 Å². The summed E-state index contributed by atoms with van der Waals surface area (Å²) in [5, 5.41) is 10.2. The molecule has 0 amide bonds. The van der Waals surface area contributed by atoms with Gasteiger partial charge in [-0.15, -0.1) is 0 Å². The van der Waals surface area contributed by atoms with Crippen LogP contribution in [0.1, 0.15) is 48.4 Å². The first-order valence-electron chi connectivity index (χ1n) is 15.8. The molecule has 0 radical (unpaired) electrons. The van der Waals surface area contributed by atoms with Crippen molar-refractivity contribution >= 4 is 23.4 Å². The smallest absolute Gasteiger partial charge is 0.309 e. The average Bonchev–Trinajstić information content (AvgIpc) is 3.04. The lowest BCUT2D eigenvalue weighted by atomic mass is 9.91. The average molecular weight is 620 g/mol. The van der Waals surface area contributed by atoms with E-state index >= 15 is 0 Å². The number of pyridine rings is 1. The Labute approximate surface area is 264 Å². The summed E-state index contributed by atoms with van der Waals surface area (Å²) in [6.45, 7) is 9.88. The van der Waals surface area contributed by atoms with Gasteiger partial charge in [-0.1, -0.05) is 35.9 Å². The molecule has 4 heterocycles. The molecule has 2 atom stereocenters. The number of rotatable bonds is 9. The van der Waals surface area contributed by atoms with Crippen LogP contribution in [0, 0.1) is 12.8 Å². The zero-order valence-electron chi connectivity index (χ0n) is 25.6. The molecule has 0 unspecified atom stereocenters. The normalized spacial score (nSPS) is 21.2. The van der Waals surface area contributed by atoms with Crippen molar-refractivity contribution in [2.24, 2.45) is 5.92 Å². The second-order valence-electron chi connectivity index (χ2n) is 12.1. The van der Waals surface area contributed by atoms with Crippen molar-refractivity contribution in [2.45, 2.75) is 64.8 Å². The van der Waals surface area contributed by atoms with Gasteiger partial charge in [-0.3, -0.25) is 9.69 Å². The maximum absolute atomic E-state index is 11.8. The third-order valence-electron chi connectivity index (χ3n) is 9.30. The van der Waals surface area contributed by atoms with Gasteiger partial charge in [-0.05, 0) is 86.1 Å². The fourth-order valence-corrected chi connectivity index (χ4v) is 7.19. The highest BCUT2D eigenvalue weighted by atomic mass is 35.5. The number of hydrogen-bond donors (Lipinski definition) is 1. The van der Waals surface area contributed by atoms with Gasteiger partial charge in [0.05, 0.1) is 22.7 Å². The molecule has 8 nitrogen and oxygen atoms in total. The number of aryl methyl sites for hydroxylation is 1. The standard InChI is InChI=1S/C35H42ClN3O5/c1-3-43-32-21-39(15-11-28(32)35(40)41)33-9-5-8-31(37-33)27-6-4-7-30(36)34(27)44-22-24-18-23(2)29-20-38(14-10-25(29)19-24)26-12-16-42-17-13-26/h4-9,18-19,26,28,32H,3,10-17,20-22H2,1-2H3,(H,40,41)/t28-,32+/m0/s1. The molecule has 0 aliphatic carbocycles. The zero-order chi connectivity index (χ0) is 30.6. The van der Waals surface area contributed by atoms with Gasteiger partial charge in [0.2, 0.25) is 0 Å². The minimum absolute atomic E-state index is 0.383. The molecule has 0 saturated carbocycles. The van der Waals surface area contributed by atoms with E-state index in [0.29, 0.717) is 49.5 Å². The highest BCUT2D eigenvalue weighted by molar-refractivity contribution is 6.32. The number of ether oxygens (including phenoxy) is 3. The van der Waals surface area contributed by atoms with E-state index in [1.165, 1.54) is 16.7 Å². The van der Waals surface area contributed by atoms with Crippen LogP contribution in [0.3, 0.4) is 0 Å². The Bertz CT molecular complexity index is 1480. The summed E-state index contributed by atoms with van der Waals surface area (Å²) >= 11 is 6.72. The lowest BCUT2D eigenvalue weighted by Gasteiger charge is -2.38. The highest BCUT2D eigenvalue weighted by Crippen LogP contribution is 2.37. The Morgan fingerprint density at radius 2 is 1.93 bits per heavy atom. The van der Waals surface area contributed by atoms with Gasteiger partial charge in [0, 0.05) is 57.6 Å². The number of aromatic nitrogens is 1. The molecule has 1 N–H and O–H groups in total. The molecule has 234 valence electrons. The summed E-state index contributed by atoms with van der Waals surface area (Å²) < 4.78 is 17.8. The predicted octanol–water partition coefficient (Wildman–Crippen LogP) is 6.14. The second-order valence-corrected chi connectivity index (χ2v) is 12.5. The Kier molecular flexibility index (Phi) is 9.71. The molecule has 3 aliphatic heterocycles. The molecule has 3 aromatic rings. The van der Waals surface area contributed by atoms with Crippen molar-refractivity contribution in [3.63, 3.8) is 0 Å². The van der Waals surface area contributed by atoms with E-state index in [1.807, 2.05) is 43.3 Å². The van der Waals surface area contributed by atoms with E-state index in [9.17, 15) is 9.90 Å². The lowest BCUT2D eigenvalue weighted by Crippen LogP contribution is -2.48. The molecule has 44 heavy (non-hydrogen) atoms. The molecule has 2 aromatic carbocycles. The molecule has 2 saturated heterocycles. The number of fused-ring (bicyclic) bond motifs is 1. The number of benzene rings is 2. The number of piperidine rings is 1. The van der Waals surface area contributed by atoms with Crippen LogP contribution in [0.25, 0.3) is 11.3 Å². The van der Waals surface area contributed by atoms with Crippen LogP contribution in [-0.4, -0.2) is 72.6 Å². The van der Waals surface area contributed by atoms with E-state index in [2.05, 4.69) is 28.9 Å². The molecule has 1 aromatic heterocycles. The number of halogens is 1. The predicted molar refractivity (Wildman–Crippen MR) is 172 cm³/mol. The SMILES string of the molecule is CCO[C@@H]1CN(c2cccc(-c3cccc(Cl)c3OCc3cc(C)c4c(c3)CCN(C3CCOCC3)C4)n2)CC[C@@H]1C(=O)O. The number of nitrogens with zero attached hydrogens (tertiary/aromatic N) is 3. The molecular weight excluding hydrogens is 578 g/mol. The summed E-state index contributed by atoms with van der Waals surface area (Å²) in [6, 6.07) is 16.8. The van der Waals surface area contributed by atoms with Crippen LogP contribution < -0.4 is 9.64 Å². The maximum atomic E-state index is 11.8. The Morgan fingerprint density at radius 1 is 1.11 bits per heavy atom. The van der Waals surface area contributed by atoms with Crippen molar-refractivity contribution < 1.29 is 24.1 Å². The summed E-state index contributed by atoms with van der Waals surface area (Å²) in [5.41, 5.74) is 6.88. The minimum Gasteiger partial charge on any atom is -0.487 e. The van der Waals surface area contributed by atoms with E-state index < -0.39 is 11.9 Å². The van der Waals surface area contributed by atoms with Crippen molar-refractivity contribution in [1.29, 1.82) is 0 Å². The quantitative estimate of drug-likeness (QED) is 0.306. The van der Waals surface area contributed by atoms with E-state index in [-0.39, 0.29) is 6.10 Å². The van der Waals surface area contributed by atoms with Crippen LogP contribution in [0.4, 0.5) is 5.82 Å². The number of hydrogen-bond acceptors (Lipinski definition) is 7. The Morgan fingerprint density at radius 3 is 2.73 bits per heavy atom. The fraction of sp³-hybridized carbons (Fsp3) is 0.486. The van der Waals surface area contributed by atoms with Crippen molar-refractivity contribution in [2.75, 3.05) is 44.4 Å². The number of carbonyl (C=O) groups is 1. The molecule has 0 spiro atoms. The molecule has 3 aliphatic rings. The number of aliphatic carboxylic acids is 1. The minimum atomic E-state index is -0.809. The monoisotopic (exact) mass is 619 g/mol. The first-order valence-corrected chi connectivity index (χ1v) is 16.2. The first kappa shape index (κ1) is 30.8. The van der Waals surface area contributed by atoms with Crippen LogP contribution in [0.2, 0.25) is 5.02 Å². The number of carboxylic acid groups (broad SMARTS) is 1. The highest BCUT2D eigenvalue weighted by Gasteiger charge is 2.35. The third-order valence-corrected chi connectivity index (χ3v) is 9.60. The second kappa shape index (κ2) is 13.9. The van der Waals surface area contributed by atoms with Crippen LogP contribution in [0.15, 0.2) is 48.5 Å². The van der Waals surface area contributed by atoms with E-state index in [0.717, 1.165) is 68.2 Å².